The summed E-state index contributed by atoms with van der Waals surface area (Å²) in [4.78, 5) is 0. The molecule has 0 spiro atoms. The summed E-state index contributed by atoms with van der Waals surface area (Å²) in [5.74, 6) is 0. The minimum absolute atomic E-state index is 0.336. The van der Waals surface area contributed by atoms with Crippen LogP contribution in [-0.4, -0.2) is 19.6 Å². The van der Waals surface area contributed by atoms with Crippen molar-refractivity contribution in [3.8, 4) is 0 Å². The second-order valence-corrected chi connectivity index (χ2v) is 5.36. The summed E-state index contributed by atoms with van der Waals surface area (Å²) in [6.07, 6.45) is 10.6. The van der Waals surface area contributed by atoms with Gasteiger partial charge in [0.15, 0.2) is 0 Å². The van der Waals surface area contributed by atoms with Gasteiger partial charge in [0.25, 0.3) is 0 Å². The first-order chi connectivity index (χ1) is 8.24. The van der Waals surface area contributed by atoms with Gasteiger partial charge >= 0.3 is 0 Å². The number of rotatable bonds is 12. The van der Waals surface area contributed by atoms with Crippen molar-refractivity contribution in [3.63, 3.8) is 0 Å². The van der Waals surface area contributed by atoms with Gasteiger partial charge in [-0.25, -0.2) is 0 Å². The van der Waals surface area contributed by atoms with Crippen LogP contribution in [0.3, 0.4) is 0 Å². The molecule has 0 saturated carbocycles. The molecule has 104 valence electrons. The molecule has 0 radical (unpaired) electrons. The largest absolute Gasteiger partial charge is 0.330 e. The van der Waals surface area contributed by atoms with E-state index in [1.54, 1.807) is 0 Å². The Morgan fingerprint density at radius 1 is 0.882 bits per heavy atom. The number of nitrogens with one attached hydrogen (secondary N) is 1. The van der Waals surface area contributed by atoms with Gasteiger partial charge in [-0.05, 0) is 37.8 Å². The second kappa shape index (κ2) is 11.0. The fourth-order valence-corrected chi connectivity index (χ4v) is 2.24. The molecule has 2 nitrogen and oxygen atoms in total. The highest BCUT2D eigenvalue weighted by atomic mass is 14.9. The SMILES string of the molecule is CCCCCCCCNCC(CC)(CC)CN. The Hall–Kier alpha value is -0.0800. The molecule has 17 heavy (non-hydrogen) atoms. The summed E-state index contributed by atoms with van der Waals surface area (Å²) in [7, 11) is 0. The van der Waals surface area contributed by atoms with Crippen LogP contribution in [0.2, 0.25) is 0 Å². The fourth-order valence-electron chi connectivity index (χ4n) is 2.24. The molecule has 0 aliphatic rings. The molecule has 0 heterocycles. The van der Waals surface area contributed by atoms with Crippen LogP contribution in [0.15, 0.2) is 0 Å². The first kappa shape index (κ1) is 16.9. The quantitative estimate of drug-likeness (QED) is 0.512. The molecule has 0 atom stereocenters. The van der Waals surface area contributed by atoms with E-state index in [1.807, 2.05) is 0 Å². The molecule has 0 aliphatic heterocycles. The zero-order valence-corrected chi connectivity index (χ0v) is 12.4. The third-order valence-electron chi connectivity index (χ3n) is 4.14. The van der Waals surface area contributed by atoms with E-state index in [2.05, 4.69) is 26.1 Å². The predicted molar refractivity (Wildman–Crippen MR) is 78.3 cm³/mol. The monoisotopic (exact) mass is 242 g/mol. The Morgan fingerprint density at radius 3 is 2.00 bits per heavy atom. The maximum absolute atomic E-state index is 5.88. The fraction of sp³-hybridized carbons (Fsp3) is 1.00. The first-order valence-corrected chi connectivity index (χ1v) is 7.65. The molecule has 0 aliphatic carbocycles. The van der Waals surface area contributed by atoms with Crippen molar-refractivity contribution >= 4 is 0 Å². The molecular formula is C15H34N2. The third-order valence-corrected chi connectivity index (χ3v) is 4.14. The van der Waals surface area contributed by atoms with Crippen LogP contribution in [0, 0.1) is 5.41 Å². The highest BCUT2D eigenvalue weighted by Crippen LogP contribution is 2.23. The average molecular weight is 242 g/mol. The summed E-state index contributed by atoms with van der Waals surface area (Å²) in [5.41, 5.74) is 6.22. The van der Waals surface area contributed by atoms with Gasteiger partial charge in [-0.15, -0.1) is 0 Å². The number of unbranched alkanes of at least 4 members (excludes halogenated alkanes) is 5. The van der Waals surface area contributed by atoms with Crippen molar-refractivity contribution in [3.05, 3.63) is 0 Å². The summed E-state index contributed by atoms with van der Waals surface area (Å²) >= 11 is 0. The summed E-state index contributed by atoms with van der Waals surface area (Å²) in [5, 5.41) is 3.59. The first-order valence-electron chi connectivity index (χ1n) is 7.65. The topological polar surface area (TPSA) is 38.0 Å². The lowest BCUT2D eigenvalue weighted by atomic mass is 9.82. The summed E-state index contributed by atoms with van der Waals surface area (Å²) in [6.45, 7) is 9.83. The van der Waals surface area contributed by atoms with E-state index in [4.69, 9.17) is 5.73 Å². The molecule has 0 aromatic carbocycles. The molecule has 3 N–H and O–H groups in total. The van der Waals surface area contributed by atoms with Crippen LogP contribution in [-0.2, 0) is 0 Å². The van der Waals surface area contributed by atoms with Crippen LogP contribution in [0.5, 0.6) is 0 Å². The molecule has 0 amide bonds. The van der Waals surface area contributed by atoms with Crippen molar-refractivity contribution in [1.29, 1.82) is 0 Å². The molecule has 0 unspecified atom stereocenters. The Morgan fingerprint density at radius 2 is 1.47 bits per heavy atom. The van der Waals surface area contributed by atoms with E-state index in [9.17, 15) is 0 Å². The molecule has 2 heteroatoms. The van der Waals surface area contributed by atoms with Gasteiger partial charge in [-0.2, -0.15) is 0 Å². The average Bonchev–Trinajstić information content (AvgIpc) is 2.38. The van der Waals surface area contributed by atoms with Crippen molar-refractivity contribution < 1.29 is 0 Å². The molecule has 0 aromatic rings. The van der Waals surface area contributed by atoms with E-state index in [0.29, 0.717) is 5.41 Å². The third kappa shape index (κ3) is 7.77. The van der Waals surface area contributed by atoms with Gasteiger partial charge in [-0.3, -0.25) is 0 Å². The molecule has 0 aromatic heterocycles. The minimum Gasteiger partial charge on any atom is -0.330 e. The van der Waals surface area contributed by atoms with Gasteiger partial charge in [0.2, 0.25) is 0 Å². The van der Waals surface area contributed by atoms with E-state index >= 15 is 0 Å². The summed E-state index contributed by atoms with van der Waals surface area (Å²) < 4.78 is 0. The van der Waals surface area contributed by atoms with Gasteiger partial charge in [0, 0.05) is 6.54 Å². The second-order valence-electron chi connectivity index (χ2n) is 5.36. The number of hydrogen-bond acceptors (Lipinski definition) is 2. The molecule has 0 fully saturated rings. The Kier molecular flexibility index (Phi) is 11.0. The van der Waals surface area contributed by atoms with E-state index < -0.39 is 0 Å². The highest BCUT2D eigenvalue weighted by molar-refractivity contribution is 4.79. The zero-order valence-electron chi connectivity index (χ0n) is 12.4. The van der Waals surface area contributed by atoms with E-state index in [1.165, 1.54) is 51.4 Å². The van der Waals surface area contributed by atoms with Crippen LogP contribution in [0.25, 0.3) is 0 Å². The lowest BCUT2D eigenvalue weighted by Gasteiger charge is -2.30. The predicted octanol–water partition coefficient (Wildman–Crippen LogP) is 3.70. The van der Waals surface area contributed by atoms with Crippen LogP contribution < -0.4 is 11.1 Å². The van der Waals surface area contributed by atoms with Crippen molar-refractivity contribution in [1.82, 2.24) is 5.32 Å². The van der Waals surface area contributed by atoms with Gasteiger partial charge in [-0.1, -0.05) is 52.9 Å². The standard InChI is InChI=1S/C15H34N2/c1-4-7-8-9-10-11-12-17-14-15(5-2,6-3)13-16/h17H,4-14,16H2,1-3H3. The van der Waals surface area contributed by atoms with Crippen molar-refractivity contribution in [2.75, 3.05) is 19.6 Å². The molecule has 0 saturated heterocycles. The lowest BCUT2D eigenvalue weighted by Crippen LogP contribution is -2.39. The van der Waals surface area contributed by atoms with Crippen LogP contribution >= 0.6 is 0 Å². The normalized spacial score (nSPS) is 12.0. The van der Waals surface area contributed by atoms with Crippen LogP contribution in [0.4, 0.5) is 0 Å². The van der Waals surface area contributed by atoms with Crippen LogP contribution in [0.1, 0.15) is 72.1 Å². The molecule has 0 rings (SSSR count). The summed E-state index contributed by atoms with van der Waals surface area (Å²) in [6, 6.07) is 0. The Balaban J connectivity index is 3.43. The Labute approximate surface area is 109 Å². The maximum Gasteiger partial charge on any atom is 0.00197 e. The minimum atomic E-state index is 0.336. The van der Waals surface area contributed by atoms with Crippen molar-refractivity contribution in [2.24, 2.45) is 11.1 Å². The highest BCUT2D eigenvalue weighted by Gasteiger charge is 2.23. The van der Waals surface area contributed by atoms with Gasteiger partial charge in [0.1, 0.15) is 0 Å². The molecule has 0 bridgehead atoms. The van der Waals surface area contributed by atoms with Gasteiger partial charge in [0.05, 0.1) is 0 Å². The van der Waals surface area contributed by atoms with Crippen molar-refractivity contribution in [2.45, 2.75) is 72.1 Å². The van der Waals surface area contributed by atoms with Gasteiger partial charge < -0.3 is 11.1 Å². The molecular weight excluding hydrogens is 208 g/mol. The maximum atomic E-state index is 5.88. The smallest absolute Gasteiger partial charge is 0.00197 e. The number of nitrogens with two attached hydrogens (primary N) is 1. The lowest BCUT2D eigenvalue weighted by molar-refractivity contribution is 0.259. The van der Waals surface area contributed by atoms with E-state index in [0.717, 1.165) is 19.6 Å². The Bertz CT molecular complexity index is 145. The zero-order chi connectivity index (χ0) is 13.0. The van der Waals surface area contributed by atoms with E-state index in [-0.39, 0.29) is 0 Å². The number of hydrogen-bond donors (Lipinski definition) is 2.